The summed E-state index contributed by atoms with van der Waals surface area (Å²) >= 11 is 3.11. The van der Waals surface area contributed by atoms with Crippen molar-refractivity contribution in [3.8, 4) is 0 Å². The van der Waals surface area contributed by atoms with Crippen molar-refractivity contribution in [2.24, 2.45) is 40.9 Å². The van der Waals surface area contributed by atoms with Crippen molar-refractivity contribution in [3.63, 3.8) is 0 Å². The molecule has 26 heavy (non-hydrogen) atoms. The van der Waals surface area contributed by atoms with Gasteiger partial charge in [-0.05, 0) is 79.4 Å². The Morgan fingerprint density at radius 3 is 1.85 bits per heavy atom. The van der Waals surface area contributed by atoms with Gasteiger partial charge in [0.15, 0.2) is 0 Å². The first-order valence-electron chi connectivity index (χ1n) is 12.0. The summed E-state index contributed by atoms with van der Waals surface area (Å²) in [6.45, 7) is 12.5. The van der Waals surface area contributed by atoms with Crippen LogP contribution in [0.25, 0.3) is 0 Å². The van der Waals surface area contributed by atoms with Crippen LogP contribution in [-0.2, 0) is 0 Å². The third-order valence-corrected chi connectivity index (χ3v) is 11.1. The molecule has 5 atom stereocenters. The van der Waals surface area contributed by atoms with Crippen molar-refractivity contribution in [2.45, 2.75) is 115 Å². The van der Waals surface area contributed by atoms with E-state index in [1.165, 1.54) is 51.4 Å². The average molecular weight is 473 g/mol. The number of halogens is 1. The Balaban J connectivity index is 1.97. The van der Waals surface area contributed by atoms with Crippen molar-refractivity contribution in [1.82, 2.24) is 0 Å². The molecule has 3 aliphatic rings. The van der Waals surface area contributed by atoms with Crippen molar-refractivity contribution in [2.75, 3.05) is 0 Å². The molecule has 0 spiro atoms. The molecule has 0 aromatic carbocycles. The molecule has 1 heteroatoms. The topological polar surface area (TPSA) is 0 Å². The molecule has 0 nitrogen and oxygen atoms in total. The van der Waals surface area contributed by atoms with E-state index in [-0.39, 0.29) is 0 Å². The lowest BCUT2D eigenvalue weighted by atomic mass is 9.60. The van der Waals surface area contributed by atoms with Crippen LogP contribution < -0.4 is 0 Å². The van der Waals surface area contributed by atoms with Crippen molar-refractivity contribution in [3.05, 3.63) is 0 Å². The Morgan fingerprint density at radius 1 is 0.885 bits per heavy atom. The maximum Gasteiger partial charge on any atom is 0.0317 e. The summed E-state index contributed by atoms with van der Waals surface area (Å²) in [7, 11) is 0. The van der Waals surface area contributed by atoms with Crippen LogP contribution in [0.2, 0.25) is 0 Å². The molecule has 3 saturated carbocycles. The van der Waals surface area contributed by atoms with E-state index in [2.05, 4.69) is 57.2 Å². The van der Waals surface area contributed by atoms with Gasteiger partial charge in [-0.15, -0.1) is 0 Å². The summed E-state index contributed by atoms with van der Waals surface area (Å²) in [5, 5.41) is 0. The summed E-state index contributed by atoms with van der Waals surface area (Å²) in [5.41, 5.74) is 0.499. The van der Waals surface area contributed by atoms with E-state index in [0.717, 1.165) is 35.5 Å². The van der Waals surface area contributed by atoms with Gasteiger partial charge in [0.2, 0.25) is 0 Å². The predicted molar refractivity (Wildman–Crippen MR) is 124 cm³/mol. The molecule has 0 aliphatic heterocycles. The van der Waals surface area contributed by atoms with Gasteiger partial charge >= 0.3 is 0 Å². The Morgan fingerprint density at radius 2 is 1.38 bits per heavy atom. The van der Waals surface area contributed by atoms with E-state index in [1.807, 2.05) is 0 Å². The smallest absolute Gasteiger partial charge is 0.0317 e. The van der Waals surface area contributed by atoms with Crippen LogP contribution in [0.3, 0.4) is 0 Å². The molecule has 0 aromatic rings. The molecule has 0 N–H and O–H groups in total. The highest BCUT2D eigenvalue weighted by atomic mass is 127. The van der Waals surface area contributed by atoms with Crippen LogP contribution in [0.5, 0.6) is 0 Å². The number of rotatable bonds is 7. The van der Waals surface area contributed by atoms with E-state index in [0.29, 0.717) is 8.84 Å². The minimum Gasteiger partial charge on any atom is -0.0779 e. The molecular formula is C25H45I. The summed E-state index contributed by atoms with van der Waals surface area (Å²) < 4.78 is 0.585. The van der Waals surface area contributed by atoms with Crippen LogP contribution >= 0.6 is 22.6 Å². The van der Waals surface area contributed by atoms with Crippen LogP contribution in [0.1, 0.15) is 112 Å². The van der Waals surface area contributed by atoms with E-state index in [1.54, 1.807) is 25.7 Å². The molecule has 152 valence electrons. The minimum absolute atomic E-state index is 0.499. The maximum absolute atomic E-state index is 3.11. The van der Waals surface area contributed by atoms with Gasteiger partial charge in [-0.25, -0.2) is 0 Å². The maximum atomic E-state index is 3.11. The van der Waals surface area contributed by atoms with Crippen LogP contribution in [-0.4, -0.2) is 3.42 Å². The highest BCUT2D eigenvalue weighted by Gasteiger charge is 2.63. The first-order valence-corrected chi connectivity index (χ1v) is 13.1. The van der Waals surface area contributed by atoms with Crippen LogP contribution in [0, 0.1) is 40.9 Å². The monoisotopic (exact) mass is 472 g/mol. The lowest BCUT2D eigenvalue weighted by Gasteiger charge is -2.51. The molecule has 0 saturated heterocycles. The fraction of sp³-hybridized carbons (Fsp3) is 1.00. The quantitative estimate of drug-likeness (QED) is 0.257. The second-order valence-electron chi connectivity index (χ2n) is 11.2. The van der Waals surface area contributed by atoms with E-state index in [9.17, 15) is 0 Å². The summed E-state index contributed by atoms with van der Waals surface area (Å²) in [5.74, 6) is 5.96. The van der Waals surface area contributed by atoms with Gasteiger partial charge in [-0.2, -0.15) is 0 Å². The Kier molecular flexibility index (Phi) is 7.11. The van der Waals surface area contributed by atoms with E-state index < -0.39 is 0 Å². The summed E-state index contributed by atoms with van der Waals surface area (Å²) in [6, 6.07) is 0. The normalized spacial score (nSPS) is 38.9. The van der Waals surface area contributed by atoms with Crippen molar-refractivity contribution in [1.29, 1.82) is 0 Å². The first-order chi connectivity index (χ1) is 12.3. The van der Waals surface area contributed by atoms with Gasteiger partial charge < -0.3 is 0 Å². The lowest BCUT2D eigenvalue weighted by Crippen LogP contribution is -2.49. The fourth-order valence-electron chi connectivity index (χ4n) is 7.76. The largest absolute Gasteiger partial charge is 0.0779 e. The Bertz CT molecular complexity index is 429. The Hall–Kier alpha value is 0.730. The molecule has 0 bridgehead atoms. The molecular weight excluding hydrogens is 427 g/mol. The highest BCUT2D eigenvalue weighted by molar-refractivity contribution is 14.1. The molecule has 3 rings (SSSR count). The zero-order valence-electron chi connectivity index (χ0n) is 18.3. The SMILES string of the molecule is CCCC(C)(C)C(CCC(C)C)C1(I)C2CCCCC2C2CCCCC21. The average Bonchev–Trinajstić information content (AvgIpc) is 2.85. The lowest BCUT2D eigenvalue weighted by molar-refractivity contribution is 0.0771. The fourth-order valence-corrected chi connectivity index (χ4v) is 10.5. The molecule has 0 heterocycles. The minimum atomic E-state index is 0.499. The second kappa shape index (κ2) is 8.62. The van der Waals surface area contributed by atoms with Gasteiger partial charge in [0.25, 0.3) is 0 Å². The zero-order valence-corrected chi connectivity index (χ0v) is 20.5. The van der Waals surface area contributed by atoms with Crippen LogP contribution in [0.4, 0.5) is 0 Å². The van der Waals surface area contributed by atoms with Gasteiger partial charge in [0.1, 0.15) is 0 Å². The predicted octanol–water partition coefficient (Wildman–Crippen LogP) is 8.67. The van der Waals surface area contributed by atoms with Gasteiger partial charge in [0, 0.05) is 3.42 Å². The molecule has 0 aromatic heterocycles. The summed E-state index contributed by atoms with van der Waals surface area (Å²) in [4.78, 5) is 0. The number of alkyl halides is 1. The van der Waals surface area contributed by atoms with E-state index >= 15 is 0 Å². The first kappa shape index (κ1) is 21.4. The molecule has 3 fully saturated rings. The van der Waals surface area contributed by atoms with Crippen molar-refractivity contribution >= 4 is 22.6 Å². The van der Waals surface area contributed by atoms with Gasteiger partial charge in [-0.1, -0.05) is 95.7 Å². The van der Waals surface area contributed by atoms with Gasteiger partial charge in [-0.3, -0.25) is 0 Å². The molecule has 5 unspecified atom stereocenters. The number of fused-ring (bicyclic) bond motifs is 3. The number of hydrogen-bond acceptors (Lipinski definition) is 0. The number of hydrogen-bond donors (Lipinski definition) is 0. The van der Waals surface area contributed by atoms with Crippen molar-refractivity contribution < 1.29 is 0 Å². The Labute approximate surface area is 178 Å². The van der Waals surface area contributed by atoms with Crippen LogP contribution in [0.15, 0.2) is 0 Å². The molecule has 0 radical (unpaired) electrons. The second-order valence-corrected chi connectivity index (χ2v) is 13.1. The van der Waals surface area contributed by atoms with Gasteiger partial charge in [0.05, 0.1) is 0 Å². The van der Waals surface area contributed by atoms with E-state index in [4.69, 9.17) is 0 Å². The highest BCUT2D eigenvalue weighted by Crippen LogP contribution is 2.68. The summed E-state index contributed by atoms with van der Waals surface area (Å²) in [6.07, 6.45) is 17.9. The zero-order chi connectivity index (χ0) is 18.9. The molecule has 0 amide bonds. The molecule has 3 aliphatic carbocycles. The third kappa shape index (κ3) is 3.90. The third-order valence-electron chi connectivity index (χ3n) is 8.73. The standard InChI is InChI=1S/C25H45I/c1-6-17-24(4,5)23(16-15-18(2)3)25(26)21-13-9-7-11-19(21)20-12-8-10-14-22(20)25/h18-23H,6-17H2,1-5H3.